The summed E-state index contributed by atoms with van der Waals surface area (Å²) in [5, 5.41) is 4.55. The second-order valence-corrected chi connectivity index (χ2v) is 7.84. The Morgan fingerprint density at radius 1 is 1.28 bits per heavy atom. The van der Waals surface area contributed by atoms with Gasteiger partial charge in [-0.1, -0.05) is 11.6 Å². The lowest BCUT2D eigenvalue weighted by molar-refractivity contribution is 0.0367. The van der Waals surface area contributed by atoms with Crippen LogP contribution in [0.4, 0.5) is 5.69 Å². The van der Waals surface area contributed by atoms with Gasteiger partial charge in [0.15, 0.2) is 5.11 Å². The van der Waals surface area contributed by atoms with Crippen LogP contribution in [0.25, 0.3) is 0 Å². The van der Waals surface area contributed by atoms with Gasteiger partial charge in [-0.3, -0.25) is 4.90 Å². The van der Waals surface area contributed by atoms with Crippen LogP contribution in [0.5, 0.6) is 5.75 Å². The van der Waals surface area contributed by atoms with Crippen molar-refractivity contribution in [2.24, 2.45) is 0 Å². The van der Waals surface area contributed by atoms with E-state index in [4.69, 9.17) is 37.7 Å². The van der Waals surface area contributed by atoms with Crippen molar-refractivity contribution in [2.75, 3.05) is 51.8 Å². The van der Waals surface area contributed by atoms with Crippen molar-refractivity contribution in [1.29, 1.82) is 0 Å². The minimum atomic E-state index is 0.610. The molecule has 1 saturated heterocycles. The van der Waals surface area contributed by atoms with Crippen LogP contribution in [0.2, 0.25) is 5.02 Å². The minimum Gasteiger partial charge on any atom is -0.495 e. The molecule has 2 aromatic rings. The quantitative estimate of drug-likeness (QED) is 0.622. The molecule has 3 rings (SSSR count). The molecule has 1 aromatic carbocycles. The Morgan fingerprint density at radius 2 is 2.07 bits per heavy atom. The largest absolute Gasteiger partial charge is 0.495 e. The summed E-state index contributed by atoms with van der Waals surface area (Å²) in [4.78, 5) is 4.56. The van der Waals surface area contributed by atoms with Gasteiger partial charge in [-0.05, 0) is 49.8 Å². The molecule has 0 spiro atoms. The van der Waals surface area contributed by atoms with Gasteiger partial charge in [0.25, 0.3) is 0 Å². The SMILES string of the molecule is COc1cc(Cl)ccc1NC(=S)N(CCCN1CCOCC1)Cc1ccc(C)o1. The summed E-state index contributed by atoms with van der Waals surface area (Å²) in [6, 6.07) is 9.42. The highest BCUT2D eigenvalue weighted by atomic mass is 35.5. The van der Waals surface area contributed by atoms with Crippen molar-refractivity contribution in [3.63, 3.8) is 0 Å². The van der Waals surface area contributed by atoms with Gasteiger partial charge in [-0.15, -0.1) is 0 Å². The van der Waals surface area contributed by atoms with Crippen LogP contribution >= 0.6 is 23.8 Å². The van der Waals surface area contributed by atoms with Gasteiger partial charge < -0.3 is 24.1 Å². The Kier molecular flexibility index (Phi) is 8.18. The number of methoxy groups -OCH3 is 1. The summed E-state index contributed by atoms with van der Waals surface area (Å²) < 4.78 is 16.6. The lowest BCUT2D eigenvalue weighted by Gasteiger charge is -2.29. The molecule has 1 N–H and O–H groups in total. The highest BCUT2D eigenvalue weighted by molar-refractivity contribution is 7.80. The standard InChI is InChI=1S/C21H28ClN3O3S/c1-16-4-6-18(28-16)15-25(9-3-8-24-10-12-27-13-11-24)21(29)23-19-7-5-17(22)14-20(19)26-2/h4-7,14H,3,8-13,15H2,1-2H3,(H,23,29). The highest BCUT2D eigenvalue weighted by Gasteiger charge is 2.16. The summed E-state index contributed by atoms with van der Waals surface area (Å²) in [7, 11) is 1.62. The van der Waals surface area contributed by atoms with Crippen LogP contribution in [-0.2, 0) is 11.3 Å². The molecule has 29 heavy (non-hydrogen) atoms. The van der Waals surface area contributed by atoms with E-state index in [2.05, 4.69) is 15.1 Å². The highest BCUT2D eigenvalue weighted by Crippen LogP contribution is 2.28. The number of aryl methyl sites for hydroxylation is 1. The second-order valence-electron chi connectivity index (χ2n) is 7.02. The van der Waals surface area contributed by atoms with Crippen molar-refractivity contribution < 1.29 is 13.9 Å². The van der Waals surface area contributed by atoms with E-state index in [-0.39, 0.29) is 0 Å². The van der Waals surface area contributed by atoms with E-state index in [0.717, 1.165) is 63.0 Å². The number of rotatable bonds is 8. The number of halogens is 1. The first-order valence-corrected chi connectivity index (χ1v) is 10.6. The molecule has 0 atom stereocenters. The number of anilines is 1. The molecule has 8 heteroatoms. The van der Waals surface area contributed by atoms with E-state index in [1.807, 2.05) is 31.2 Å². The molecule has 2 heterocycles. The van der Waals surface area contributed by atoms with Crippen LogP contribution in [-0.4, -0.2) is 61.4 Å². The molecule has 0 saturated carbocycles. The van der Waals surface area contributed by atoms with E-state index in [0.29, 0.717) is 22.4 Å². The van der Waals surface area contributed by atoms with E-state index in [1.54, 1.807) is 13.2 Å². The number of hydrogen-bond donors (Lipinski definition) is 1. The van der Waals surface area contributed by atoms with Crippen LogP contribution in [0.1, 0.15) is 17.9 Å². The fourth-order valence-electron chi connectivity index (χ4n) is 3.28. The third-order valence-electron chi connectivity index (χ3n) is 4.84. The first-order valence-electron chi connectivity index (χ1n) is 9.80. The zero-order valence-electron chi connectivity index (χ0n) is 16.9. The Bertz CT molecular complexity index is 808. The van der Waals surface area contributed by atoms with E-state index >= 15 is 0 Å². The topological polar surface area (TPSA) is 50.1 Å². The fraction of sp³-hybridized carbons (Fsp3) is 0.476. The van der Waals surface area contributed by atoms with Crippen LogP contribution in [0.3, 0.4) is 0 Å². The third-order valence-corrected chi connectivity index (χ3v) is 5.44. The molecule has 6 nitrogen and oxygen atoms in total. The normalized spacial score (nSPS) is 14.6. The lowest BCUT2D eigenvalue weighted by Crippen LogP contribution is -2.40. The maximum Gasteiger partial charge on any atom is 0.173 e. The van der Waals surface area contributed by atoms with Crippen LogP contribution in [0, 0.1) is 6.92 Å². The van der Waals surface area contributed by atoms with Crippen molar-refractivity contribution in [2.45, 2.75) is 19.9 Å². The van der Waals surface area contributed by atoms with Gasteiger partial charge in [0.2, 0.25) is 0 Å². The Balaban J connectivity index is 1.64. The average molecular weight is 438 g/mol. The van der Waals surface area contributed by atoms with Gasteiger partial charge in [0.1, 0.15) is 17.3 Å². The molecule has 1 aliphatic rings. The molecule has 0 bridgehead atoms. The van der Waals surface area contributed by atoms with E-state index in [1.165, 1.54) is 0 Å². The molecule has 1 aliphatic heterocycles. The van der Waals surface area contributed by atoms with Crippen LogP contribution in [0.15, 0.2) is 34.7 Å². The molecule has 1 aromatic heterocycles. The monoisotopic (exact) mass is 437 g/mol. The summed E-state index contributed by atoms with van der Waals surface area (Å²) in [5.74, 6) is 2.44. The summed E-state index contributed by atoms with van der Waals surface area (Å²) in [6.45, 7) is 7.99. The van der Waals surface area contributed by atoms with E-state index in [9.17, 15) is 0 Å². The predicted molar refractivity (Wildman–Crippen MR) is 120 cm³/mol. The zero-order chi connectivity index (χ0) is 20.6. The Labute approximate surface area is 182 Å². The number of furan rings is 1. The molecule has 0 unspecified atom stereocenters. The van der Waals surface area contributed by atoms with Gasteiger partial charge >= 0.3 is 0 Å². The summed E-state index contributed by atoms with van der Waals surface area (Å²) >= 11 is 11.8. The molecule has 0 aliphatic carbocycles. The van der Waals surface area contributed by atoms with Gasteiger partial charge in [0.05, 0.1) is 32.6 Å². The Morgan fingerprint density at radius 3 is 2.76 bits per heavy atom. The zero-order valence-corrected chi connectivity index (χ0v) is 18.5. The number of nitrogens with one attached hydrogen (secondary N) is 1. The van der Waals surface area contributed by atoms with E-state index < -0.39 is 0 Å². The first kappa shape index (κ1) is 21.9. The molecular weight excluding hydrogens is 410 g/mol. The van der Waals surface area contributed by atoms with Crippen LogP contribution < -0.4 is 10.1 Å². The third kappa shape index (κ3) is 6.60. The van der Waals surface area contributed by atoms with Gasteiger partial charge in [-0.2, -0.15) is 0 Å². The first-order chi connectivity index (χ1) is 14.0. The van der Waals surface area contributed by atoms with Gasteiger partial charge in [-0.25, -0.2) is 0 Å². The molecule has 158 valence electrons. The molecule has 0 radical (unpaired) electrons. The predicted octanol–water partition coefficient (Wildman–Crippen LogP) is 4.17. The number of hydrogen-bond acceptors (Lipinski definition) is 5. The number of nitrogens with zero attached hydrogens (tertiary/aromatic N) is 2. The smallest absolute Gasteiger partial charge is 0.173 e. The summed E-state index contributed by atoms with van der Waals surface area (Å²) in [5.41, 5.74) is 0.788. The molecule has 1 fully saturated rings. The van der Waals surface area contributed by atoms with Crippen molar-refractivity contribution in [3.05, 3.63) is 46.9 Å². The number of thiocarbonyl (C=S) groups is 1. The molecular formula is C21H28ClN3O3S. The maximum atomic E-state index is 6.07. The number of benzene rings is 1. The average Bonchev–Trinajstić information content (AvgIpc) is 3.14. The minimum absolute atomic E-state index is 0.610. The summed E-state index contributed by atoms with van der Waals surface area (Å²) in [6.07, 6.45) is 0.999. The second kappa shape index (κ2) is 10.8. The van der Waals surface area contributed by atoms with Gasteiger partial charge in [0, 0.05) is 37.3 Å². The molecule has 0 amide bonds. The Hall–Kier alpha value is -1.80. The number of morpholine rings is 1. The van der Waals surface area contributed by atoms with Crippen molar-refractivity contribution in [3.8, 4) is 5.75 Å². The van der Waals surface area contributed by atoms with Crippen molar-refractivity contribution in [1.82, 2.24) is 9.80 Å². The fourth-order valence-corrected chi connectivity index (χ4v) is 3.71. The number of ether oxygens (including phenoxy) is 2. The van der Waals surface area contributed by atoms with Crippen molar-refractivity contribution >= 4 is 34.6 Å². The maximum absolute atomic E-state index is 6.07. The lowest BCUT2D eigenvalue weighted by atomic mass is 10.3.